The van der Waals surface area contributed by atoms with Crippen LogP contribution in [0.3, 0.4) is 0 Å². The summed E-state index contributed by atoms with van der Waals surface area (Å²) in [5.74, 6) is 0.357. The van der Waals surface area contributed by atoms with E-state index in [0.717, 1.165) is 31.2 Å². The Hall–Kier alpha value is -1.69. The molecule has 23 heavy (non-hydrogen) atoms. The van der Waals surface area contributed by atoms with E-state index in [9.17, 15) is 13.6 Å². The number of nitrogens with one attached hydrogen (secondary N) is 1. The molecule has 0 spiro atoms. The molecule has 1 aliphatic carbocycles. The summed E-state index contributed by atoms with van der Waals surface area (Å²) in [4.78, 5) is 13.9. The fourth-order valence-electron chi connectivity index (χ4n) is 2.96. The van der Waals surface area contributed by atoms with Crippen molar-refractivity contribution in [3.05, 3.63) is 35.4 Å². The van der Waals surface area contributed by atoms with Crippen LogP contribution in [-0.2, 0) is 6.54 Å². The maximum atomic E-state index is 12.5. The predicted octanol–water partition coefficient (Wildman–Crippen LogP) is 3.32. The molecule has 2 N–H and O–H groups in total. The van der Waals surface area contributed by atoms with E-state index in [4.69, 9.17) is 5.11 Å². The second kappa shape index (κ2) is 8.24. The Bertz CT molecular complexity index is 500. The van der Waals surface area contributed by atoms with Gasteiger partial charge in [0.25, 0.3) is 6.43 Å². The van der Waals surface area contributed by atoms with Crippen molar-refractivity contribution in [1.29, 1.82) is 0 Å². The van der Waals surface area contributed by atoms with Crippen LogP contribution in [0.4, 0.5) is 13.6 Å². The molecule has 6 heteroatoms. The number of hydrogen-bond donors (Lipinski definition) is 2. The standard InChI is InChI=1S/C17H24F2N2O2/c1-21(15-8-4-13(11-22)5-9-15)17(23)20-10-12-2-6-14(7-3-12)16(18)19/h2-3,6-7,13,15-16,22H,4-5,8-11H2,1H3,(H,20,23). The van der Waals surface area contributed by atoms with Gasteiger partial charge < -0.3 is 15.3 Å². The SMILES string of the molecule is CN(C(=O)NCc1ccc(C(F)F)cc1)C1CCC(CO)CC1. The molecule has 2 amide bonds. The van der Waals surface area contributed by atoms with Gasteiger partial charge in [0.1, 0.15) is 0 Å². The minimum atomic E-state index is -2.47. The molecular weight excluding hydrogens is 302 g/mol. The lowest BCUT2D eigenvalue weighted by molar-refractivity contribution is 0.134. The molecule has 1 saturated carbocycles. The third-order valence-corrected chi connectivity index (χ3v) is 4.62. The zero-order valence-corrected chi connectivity index (χ0v) is 13.3. The molecule has 0 atom stereocenters. The molecule has 1 aromatic rings. The van der Waals surface area contributed by atoms with Gasteiger partial charge >= 0.3 is 6.03 Å². The largest absolute Gasteiger partial charge is 0.396 e. The lowest BCUT2D eigenvalue weighted by Crippen LogP contribution is -2.45. The summed E-state index contributed by atoms with van der Waals surface area (Å²) in [5, 5.41) is 12.0. The van der Waals surface area contributed by atoms with E-state index in [-0.39, 0.29) is 24.2 Å². The average molecular weight is 326 g/mol. The second-order valence-corrected chi connectivity index (χ2v) is 6.17. The minimum absolute atomic E-state index is 0.0159. The Morgan fingerprint density at radius 3 is 2.39 bits per heavy atom. The van der Waals surface area contributed by atoms with Crippen molar-refractivity contribution in [2.75, 3.05) is 13.7 Å². The fraction of sp³-hybridized carbons (Fsp3) is 0.588. The Morgan fingerprint density at radius 1 is 1.26 bits per heavy atom. The first-order valence-electron chi connectivity index (χ1n) is 7.99. The Labute approximate surface area is 135 Å². The minimum Gasteiger partial charge on any atom is -0.396 e. The van der Waals surface area contributed by atoms with Crippen molar-refractivity contribution in [3.8, 4) is 0 Å². The smallest absolute Gasteiger partial charge is 0.317 e. The van der Waals surface area contributed by atoms with Crippen molar-refractivity contribution in [2.45, 2.75) is 44.7 Å². The van der Waals surface area contributed by atoms with Crippen molar-refractivity contribution >= 4 is 6.03 Å². The zero-order chi connectivity index (χ0) is 16.8. The van der Waals surface area contributed by atoms with Crippen LogP contribution in [0.1, 0.15) is 43.2 Å². The Kier molecular flexibility index (Phi) is 6.33. The lowest BCUT2D eigenvalue weighted by Gasteiger charge is -2.34. The first kappa shape index (κ1) is 17.7. The summed E-state index contributed by atoms with van der Waals surface area (Å²) in [6.07, 6.45) is 1.21. The molecule has 0 saturated heterocycles. The van der Waals surface area contributed by atoms with Crippen LogP contribution in [0.2, 0.25) is 0 Å². The molecule has 2 rings (SSSR count). The summed E-state index contributed by atoms with van der Waals surface area (Å²) < 4.78 is 25.0. The van der Waals surface area contributed by atoms with Crippen molar-refractivity contribution in [2.24, 2.45) is 5.92 Å². The van der Waals surface area contributed by atoms with Gasteiger partial charge in [0, 0.05) is 31.8 Å². The summed E-state index contributed by atoms with van der Waals surface area (Å²) in [5.41, 5.74) is 0.776. The van der Waals surface area contributed by atoms with E-state index >= 15 is 0 Å². The molecule has 0 aromatic heterocycles. The van der Waals surface area contributed by atoms with Gasteiger partial charge in [-0.25, -0.2) is 13.6 Å². The first-order valence-corrected chi connectivity index (χ1v) is 7.99. The third-order valence-electron chi connectivity index (χ3n) is 4.62. The van der Waals surface area contributed by atoms with Crippen molar-refractivity contribution < 1.29 is 18.7 Å². The van der Waals surface area contributed by atoms with Crippen LogP contribution in [0.25, 0.3) is 0 Å². The molecule has 0 heterocycles. The highest BCUT2D eigenvalue weighted by atomic mass is 19.3. The highest BCUT2D eigenvalue weighted by molar-refractivity contribution is 5.74. The van der Waals surface area contributed by atoms with Crippen LogP contribution in [-0.4, -0.2) is 35.7 Å². The first-order chi connectivity index (χ1) is 11.0. The van der Waals surface area contributed by atoms with Crippen LogP contribution in [0.15, 0.2) is 24.3 Å². The summed E-state index contributed by atoms with van der Waals surface area (Å²) in [7, 11) is 1.78. The number of aliphatic hydroxyl groups is 1. The second-order valence-electron chi connectivity index (χ2n) is 6.17. The zero-order valence-electron chi connectivity index (χ0n) is 13.3. The number of urea groups is 1. The van der Waals surface area contributed by atoms with Gasteiger partial charge in [-0.3, -0.25) is 0 Å². The van der Waals surface area contributed by atoms with E-state index in [1.165, 1.54) is 12.1 Å². The summed E-state index contributed by atoms with van der Waals surface area (Å²) >= 11 is 0. The highest BCUT2D eigenvalue weighted by Gasteiger charge is 2.26. The van der Waals surface area contributed by atoms with E-state index in [2.05, 4.69) is 5.32 Å². The highest BCUT2D eigenvalue weighted by Crippen LogP contribution is 2.26. The van der Waals surface area contributed by atoms with Gasteiger partial charge in [-0.1, -0.05) is 24.3 Å². The number of hydrogen-bond acceptors (Lipinski definition) is 2. The normalized spacial score (nSPS) is 21.3. The molecule has 0 bridgehead atoms. The Balaban J connectivity index is 1.80. The Morgan fingerprint density at radius 2 is 1.87 bits per heavy atom. The molecule has 4 nitrogen and oxygen atoms in total. The van der Waals surface area contributed by atoms with E-state index < -0.39 is 6.43 Å². The number of nitrogens with zero attached hydrogens (tertiary/aromatic N) is 1. The van der Waals surface area contributed by atoms with E-state index in [1.54, 1.807) is 24.1 Å². The van der Waals surface area contributed by atoms with Crippen LogP contribution in [0, 0.1) is 5.92 Å². The van der Waals surface area contributed by atoms with E-state index in [1.807, 2.05) is 0 Å². The number of halogens is 2. The number of carbonyl (C=O) groups excluding carboxylic acids is 1. The lowest BCUT2D eigenvalue weighted by atomic mass is 9.86. The molecule has 0 radical (unpaired) electrons. The summed E-state index contributed by atoms with van der Waals surface area (Å²) in [6.45, 7) is 0.538. The van der Waals surface area contributed by atoms with Crippen LogP contribution < -0.4 is 5.32 Å². The number of rotatable bonds is 5. The van der Waals surface area contributed by atoms with Gasteiger partial charge in [0.15, 0.2) is 0 Å². The van der Waals surface area contributed by atoms with Crippen molar-refractivity contribution in [3.63, 3.8) is 0 Å². The molecular formula is C17H24F2N2O2. The van der Waals surface area contributed by atoms with Gasteiger partial charge in [0.05, 0.1) is 0 Å². The van der Waals surface area contributed by atoms with Gasteiger partial charge in [-0.05, 0) is 37.2 Å². The number of carbonyl (C=O) groups is 1. The van der Waals surface area contributed by atoms with Crippen molar-refractivity contribution in [1.82, 2.24) is 10.2 Å². The maximum Gasteiger partial charge on any atom is 0.317 e. The third kappa shape index (κ3) is 4.89. The predicted molar refractivity (Wildman–Crippen MR) is 84.2 cm³/mol. The van der Waals surface area contributed by atoms with Crippen LogP contribution >= 0.6 is 0 Å². The average Bonchev–Trinajstić information content (AvgIpc) is 2.59. The topological polar surface area (TPSA) is 52.6 Å². The molecule has 1 aromatic carbocycles. The van der Waals surface area contributed by atoms with Gasteiger partial charge in [0.2, 0.25) is 0 Å². The molecule has 0 unspecified atom stereocenters. The number of alkyl halides is 2. The van der Waals surface area contributed by atoms with Gasteiger partial charge in [-0.15, -0.1) is 0 Å². The van der Waals surface area contributed by atoms with Gasteiger partial charge in [-0.2, -0.15) is 0 Å². The van der Waals surface area contributed by atoms with E-state index in [0.29, 0.717) is 12.5 Å². The monoisotopic (exact) mass is 326 g/mol. The molecule has 128 valence electrons. The summed E-state index contributed by atoms with van der Waals surface area (Å²) in [6, 6.07) is 6.01. The maximum absolute atomic E-state index is 12.5. The number of amides is 2. The van der Waals surface area contributed by atoms with Crippen LogP contribution in [0.5, 0.6) is 0 Å². The number of aliphatic hydroxyl groups excluding tert-OH is 1. The fourth-order valence-corrected chi connectivity index (χ4v) is 2.96. The molecule has 1 fully saturated rings. The molecule has 1 aliphatic rings. The molecule has 0 aliphatic heterocycles. The quantitative estimate of drug-likeness (QED) is 0.872. The number of benzene rings is 1.